The third-order valence-corrected chi connectivity index (χ3v) is 4.77. The molecule has 2 aromatic carbocycles. The van der Waals surface area contributed by atoms with Gasteiger partial charge in [-0.15, -0.1) is 0 Å². The maximum atomic E-state index is 10.6. The molecule has 0 amide bonds. The van der Waals surface area contributed by atoms with Crippen molar-refractivity contribution in [3.63, 3.8) is 0 Å². The quantitative estimate of drug-likeness (QED) is 0.498. The van der Waals surface area contributed by atoms with Gasteiger partial charge in [0.25, 0.3) is 0 Å². The monoisotopic (exact) mass is 332 g/mol. The van der Waals surface area contributed by atoms with E-state index >= 15 is 0 Å². The molecule has 0 heterocycles. The normalized spacial score (nSPS) is 17.9. The first kappa shape index (κ1) is 19.0. The maximum Gasteiger partial charge on any atom is 0.150 e. The lowest BCUT2D eigenvalue weighted by atomic mass is 9.88. The molecule has 3 nitrogen and oxygen atoms in total. The van der Waals surface area contributed by atoms with Crippen LogP contribution in [0.4, 0.5) is 5.69 Å². The number of rotatable bonds is 5. The van der Waals surface area contributed by atoms with Crippen LogP contribution in [0.15, 0.2) is 36.4 Å². The zero-order valence-corrected chi connectivity index (χ0v) is 15.2. The van der Waals surface area contributed by atoms with Gasteiger partial charge in [0.2, 0.25) is 0 Å². The minimum absolute atomic E-state index is 0.608. The summed E-state index contributed by atoms with van der Waals surface area (Å²) in [5.41, 5.74) is 5.82. The van der Waals surface area contributed by atoms with E-state index in [4.69, 9.17) is 13.3 Å². The van der Waals surface area contributed by atoms with Crippen LogP contribution in [0.3, 0.4) is 0 Å². The van der Waals surface area contributed by atoms with E-state index < -0.39 is 0 Å². The van der Waals surface area contributed by atoms with Crippen molar-refractivity contribution in [3.8, 4) is 0 Å². The van der Waals surface area contributed by atoms with Gasteiger partial charge in [0.05, 0.1) is 0 Å². The van der Waals surface area contributed by atoms with E-state index in [2.05, 4.69) is 19.2 Å². The summed E-state index contributed by atoms with van der Waals surface area (Å²) in [4.78, 5) is 10.6. The molecule has 0 saturated heterocycles. The van der Waals surface area contributed by atoms with E-state index in [9.17, 15) is 4.79 Å². The molecule has 1 fully saturated rings. The number of anilines is 1. The summed E-state index contributed by atoms with van der Waals surface area (Å²) < 4.78 is 0. The Hall–Kier alpha value is -2.36. The van der Waals surface area contributed by atoms with E-state index in [0.29, 0.717) is 11.5 Å². The lowest BCUT2D eigenvalue weighted by molar-refractivity contribution is 0.112. The second-order valence-corrected chi connectivity index (χ2v) is 6.45. The third-order valence-electron chi connectivity index (χ3n) is 4.77. The van der Waals surface area contributed by atoms with Crippen LogP contribution < -0.4 is 10.8 Å². The Morgan fingerprint density at radius 3 is 2.48 bits per heavy atom. The molecule has 1 aliphatic carbocycles. The predicted octanol–water partition coefficient (Wildman–Crippen LogP) is 3.70. The van der Waals surface area contributed by atoms with Crippen molar-refractivity contribution >= 4 is 31.5 Å². The molecule has 4 heteroatoms. The van der Waals surface area contributed by atoms with Crippen molar-refractivity contribution in [2.24, 2.45) is 5.92 Å². The Labute approximate surface area is 151 Å². The highest BCUT2D eigenvalue weighted by Crippen LogP contribution is 2.47. The molecular weight excluding hydrogens is 307 g/mol. The number of benzene rings is 2. The predicted molar refractivity (Wildman–Crippen MR) is 107 cm³/mol. The largest absolute Gasteiger partial charge is 0.388 e. The molecule has 2 unspecified atom stereocenters. The van der Waals surface area contributed by atoms with Crippen molar-refractivity contribution < 1.29 is 4.79 Å². The molecule has 2 N–H and O–H groups in total. The van der Waals surface area contributed by atoms with Gasteiger partial charge < -0.3 is 10.7 Å². The van der Waals surface area contributed by atoms with Crippen LogP contribution in [-0.4, -0.2) is 27.4 Å². The molecule has 0 spiro atoms. The minimum atomic E-state index is 0.608. The van der Waals surface area contributed by atoms with E-state index in [-0.39, 0.29) is 0 Å². The summed E-state index contributed by atoms with van der Waals surface area (Å²) in [6, 6.07) is 11.7. The molecule has 1 aliphatic rings. The Bertz CT molecular complexity index is 758. The molecule has 2 atom stereocenters. The van der Waals surface area contributed by atoms with Crippen LogP contribution in [0, 0.1) is 11.3 Å². The number of hydrogen-bond acceptors (Lipinski definition) is 3. The smallest absolute Gasteiger partial charge is 0.150 e. The van der Waals surface area contributed by atoms with Crippen LogP contribution in [-0.2, 0) is 6.42 Å². The summed E-state index contributed by atoms with van der Waals surface area (Å²) in [6.45, 7) is 4.33. The van der Waals surface area contributed by atoms with Gasteiger partial charge >= 0.3 is 0 Å². The van der Waals surface area contributed by atoms with Crippen molar-refractivity contribution in [3.05, 3.63) is 58.7 Å². The second kappa shape index (κ2) is 8.66. The summed E-state index contributed by atoms with van der Waals surface area (Å²) in [5.74, 6) is 1.41. The fourth-order valence-corrected chi connectivity index (χ4v) is 3.08. The zero-order valence-electron chi connectivity index (χ0n) is 15.2. The molecule has 0 aromatic heterocycles. The Morgan fingerprint density at radius 2 is 2.00 bits per heavy atom. The molecule has 1 saturated carbocycles. The second-order valence-electron chi connectivity index (χ2n) is 6.45. The maximum absolute atomic E-state index is 10.6. The highest BCUT2D eigenvalue weighted by atomic mass is 16.1. The van der Waals surface area contributed by atoms with Crippen LogP contribution in [0.25, 0.3) is 0 Å². The lowest BCUT2D eigenvalue weighted by Crippen LogP contribution is -2.11. The fourth-order valence-electron chi connectivity index (χ4n) is 3.08. The van der Waals surface area contributed by atoms with Gasteiger partial charge in [0.1, 0.15) is 7.85 Å². The SMILES string of the molecule is CC1CC1c1ccc(C=O)c(C=N)c1.[B]c1cccc(NC)c1CC. The number of nitrogens with one attached hydrogen (secondary N) is 2. The van der Waals surface area contributed by atoms with Gasteiger partial charge in [0.15, 0.2) is 6.29 Å². The van der Waals surface area contributed by atoms with Crippen LogP contribution in [0.5, 0.6) is 0 Å². The van der Waals surface area contributed by atoms with Gasteiger partial charge in [-0.05, 0) is 47.9 Å². The topological polar surface area (TPSA) is 53.0 Å². The van der Waals surface area contributed by atoms with Gasteiger partial charge in [-0.3, -0.25) is 4.79 Å². The number of hydrogen-bond donors (Lipinski definition) is 2. The molecule has 128 valence electrons. The van der Waals surface area contributed by atoms with E-state index in [1.165, 1.54) is 23.8 Å². The first-order valence-electron chi connectivity index (χ1n) is 8.70. The molecule has 2 aromatic rings. The Morgan fingerprint density at radius 1 is 1.28 bits per heavy atom. The highest BCUT2D eigenvalue weighted by Gasteiger charge is 2.33. The van der Waals surface area contributed by atoms with Crippen LogP contribution in [0.2, 0.25) is 0 Å². The van der Waals surface area contributed by atoms with E-state index in [1.807, 2.05) is 43.4 Å². The van der Waals surface area contributed by atoms with Gasteiger partial charge in [0, 0.05) is 30.1 Å². The molecular formula is C21H25BN2O. The summed E-state index contributed by atoms with van der Waals surface area (Å²) in [6.07, 6.45) is 4.27. The number of aldehydes is 1. The number of carbonyl (C=O) groups is 1. The van der Waals surface area contributed by atoms with E-state index in [0.717, 1.165) is 35.3 Å². The molecule has 2 radical (unpaired) electrons. The average molecular weight is 332 g/mol. The summed E-state index contributed by atoms with van der Waals surface area (Å²) in [5, 5.41) is 10.3. The van der Waals surface area contributed by atoms with Crippen molar-refractivity contribution in [2.75, 3.05) is 12.4 Å². The lowest BCUT2D eigenvalue weighted by Gasteiger charge is -2.09. The Kier molecular flexibility index (Phi) is 6.57. The first-order chi connectivity index (χ1) is 12.0. The molecule has 0 aliphatic heterocycles. The minimum Gasteiger partial charge on any atom is -0.388 e. The van der Waals surface area contributed by atoms with Gasteiger partial charge in [-0.1, -0.05) is 43.6 Å². The van der Waals surface area contributed by atoms with Gasteiger partial charge in [-0.25, -0.2) is 0 Å². The summed E-state index contributed by atoms with van der Waals surface area (Å²) in [7, 11) is 7.68. The third kappa shape index (κ3) is 4.59. The molecule has 3 rings (SSSR count). The van der Waals surface area contributed by atoms with Gasteiger partial charge in [-0.2, -0.15) is 0 Å². The standard InChI is InChI=1S/C12H13NO.C9H12BN/c1-8-4-12(8)9-2-3-10(7-14)11(5-9)6-13;1-3-7-8(10)5-4-6-9(7)11-2/h2-3,5-8,12-13H,4H2,1H3;4-6,11H,3H2,1-2H3. The highest BCUT2D eigenvalue weighted by molar-refractivity contribution is 6.33. The molecule has 25 heavy (non-hydrogen) atoms. The Balaban J connectivity index is 0.000000186. The molecule has 0 bridgehead atoms. The van der Waals surface area contributed by atoms with Crippen molar-refractivity contribution in [1.82, 2.24) is 0 Å². The number of carbonyl (C=O) groups excluding carboxylic acids is 1. The van der Waals surface area contributed by atoms with E-state index in [1.54, 1.807) is 0 Å². The van der Waals surface area contributed by atoms with Crippen LogP contribution >= 0.6 is 0 Å². The average Bonchev–Trinajstić information content (AvgIpc) is 3.38. The summed E-state index contributed by atoms with van der Waals surface area (Å²) >= 11 is 0. The van der Waals surface area contributed by atoms with Crippen molar-refractivity contribution in [1.29, 1.82) is 5.41 Å². The zero-order chi connectivity index (χ0) is 18.4. The first-order valence-corrected chi connectivity index (χ1v) is 8.70. The van der Waals surface area contributed by atoms with Crippen LogP contribution in [0.1, 0.15) is 53.2 Å². The van der Waals surface area contributed by atoms with Crippen molar-refractivity contribution in [2.45, 2.75) is 32.6 Å². The fraction of sp³-hybridized carbons (Fsp3) is 0.333.